The number of benzene rings is 3. The number of aliphatic imine (C=N–C) groups is 1. The number of anilines is 2. The maximum absolute atomic E-state index is 12.9. The van der Waals surface area contributed by atoms with Gasteiger partial charge in [0.2, 0.25) is 0 Å². The van der Waals surface area contributed by atoms with Crippen LogP contribution in [0.2, 0.25) is 0 Å². The highest BCUT2D eigenvalue weighted by molar-refractivity contribution is 6.07. The summed E-state index contributed by atoms with van der Waals surface area (Å²) in [6.07, 6.45) is 1.70. The number of nitrogens with zero attached hydrogens (tertiary/aromatic N) is 4. The van der Waals surface area contributed by atoms with Gasteiger partial charge in [0, 0.05) is 36.9 Å². The van der Waals surface area contributed by atoms with E-state index < -0.39 is 0 Å². The first-order valence-electron chi connectivity index (χ1n) is 10.6. The third kappa shape index (κ3) is 4.71. The minimum Gasteiger partial charge on any atom is -0.497 e. The van der Waals surface area contributed by atoms with E-state index in [0.29, 0.717) is 22.5 Å². The molecule has 168 valence electrons. The van der Waals surface area contributed by atoms with E-state index in [1.165, 1.54) is 0 Å². The summed E-state index contributed by atoms with van der Waals surface area (Å²) < 4.78 is 5.15. The highest BCUT2D eigenvalue weighted by Gasteiger charge is 2.18. The molecule has 0 aliphatic heterocycles. The van der Waals surface area contributed by atoms with Crippen LogP contribution in [-0.2, 0) is 0 Å². The van der Waals surface area contributed by atoms with Crippen molar-refractivity contribution in [3.8, 4) is 11.8 Å². The lowest BCUT2D eigenvalue weighted by Gasteiger charge is -2.15. The van der Waals surface area contributed by atoms with Crippen molar-refractivity contribution >= 4 is 40.2 Å². The molecule has 0 radical (unpaired) electrons. The molecule has 0 atom stereocenters. The van der Waals surface area contributed by atoms with Gasteiger partial charge in [0.25, 0.3) is 5.91 Å². The largest absolute Gasteiger partial charge is 0.497 e. The minimum atomic E-state index is -0.381. The smallest absolute Gasteiger partial charge is 0.256 e. The van der Waals surface area contributed by atoms with Crippen LogP contribution in [0.3, 0.4) is 0 Å². The molecule has 1 amide bonds. The SMILES string of the molecule is COc1ccc(C(=O)Nc2nc3ccc(N(C)C)cc3c(/N=C/c3ccccc3)c2C#N)cc1. The van der Waals surface area contributed by atoms with Gasteiger partial charge in [-0.3, -0.25) is 9.79 Å². The number of carbonyl (C=O) groups is 1. The Balaban J connectivity index is 1.83. The summed E-state index contributed by atoms with van der Waals surface area (Å²) in [5, 5.41) is 13.5. The number of carbonyl (C=O) groups excluding carboxylic acids is 1. The Hall–Kier alpha value is -4.70. The molecule has 0 spiro atoms. The fourth-order valence-electron chi connectivity index (χ4n) is 3.44. The molecule has 0 aliphatic rings. The maximum Gasteiger partial charge on any atom is 0.256 e. The number of hydrogen-bond donors (Lipinski definition) is 1. The van der Waals surface area contributed by atoms with Crippen molar-refractivity contribution in [1.82, 2.24) is 4.98 Å². The minimum absolute atomic E-state index is 0.161. The second-order valence-corrected chi connectivity index (χ2v) is 7.74. The van der Waals surface area contributed by atoms with E-state index in [-0.39, 0.29) is 17.3 Å². The lowest BCUT2D eigenvalue weighted by atomic mass is 10.1. The zero-order chi connectivity index (χ0) is 24.1. The third-order valence-electron chi connectivity index (χ3n) is 5.30. The number of aromatic nitrogens is 1. The molecule has 3 aromatic carbocycles. The van der Waals surface area contributed by atoms with E-state index in [1.807, 2.05) is 67.5 Å². The summed E-state index contributed by atoms with van der Waals surface area (Å²) in [7, 11) is 5.44. The van der Waals surface area contributed by atoms with E-state index in [9.17, 15) is 10.1 Å². The van der Waals surface area contributed by atoms with Crippen LogP contribution < -0.4 is 15.0 Å². The summed E-state index contributed by atoms with van der Waals surface area (Å²) in [5.74, 6) is 0.426. The van der Waals surface area contributed by atoms with Gasteiger partial charge in [-0.05, 0) is 48.0 Å². The van der Waals surface area contributed by atoms with Crippen molar-refractivity contribution in [1.29, 1.82) is 5.26 Å². The molecule has 34 heavy (non-hydrogen) atoms. The van der Waals surface area contributed by atoms with Crippen LogP contribution in [0.5, 0.6) is 5.75 Å². The van der Waals surface area contributed by atoms with Gasteiger partial charge in [-0.15, -0.1) is 0 Å². The lowest BCUT2D eigenvalue weighted by Crippen LogP contribution is -2.14. The standard InChI is InChI=1S/C27H23N5O2/c1-32(2)20-11-14-24-22(15-20)25(29-17-18-7-5-4-6-8-18)23(16-28)26(30-24)31-27(33)19-9-12-21(34-3)13-10-19/h4-15,17H,1-3H3,(H,30,31,33)/b29-17+. The topological polar surface area (TPSA) is 90.6 Å². The van der Waals surface area contributed by atoms with Crippen molar-refractivity contribution in [3.05, 3.63) is 89.5 Å². The predicted octanol–water partition coefficient (Wildman–Crippen LogP) is 5.18. The van der Waals surface area contributed by atoms with Gasteiger partial charge in [0.05, 0.1) is 18.3 Å². The van der Waals surface area contributed by atoms with E-state index in [4.69, 9.17) is 4.74 Å². The zero-order valence-corrected chi connectivity index (χ0v) is 19.1. The van der Waals surface area contributed by atoms with Crippen LogP contribution in [0.4, 0.5) is 17.2 Å². The van der Waals surface area contributed by atoms with Crippen molar-refractivity contribution in [2.75, 3.05) is 31.4 Å². The molecule has 0 fully saturated rings. The molecule has 4 aromatic rings. The number of ether oxygens (including phenoxy) is 1. The number of nitriles is 1. The molecule has 1 N–H and O–H groups in total. The fourth-order valence-corrected chi connectivity index (χ4v) is 3.44. The molecule has 0 saturated heterocycles. The Morgan fingerprint density at radius 2 is 1.82 bits per heavy atom. The summed E-state index contributed by atoms with van der Waals surface area (Å²) in [6.45, 7) is 0. The van der Waals surface area contributed by atoms with E-state index in [0.717, 1.165) is 16.6 Å². The summed E-state index contributed by atoms with van der Waals surface area (Å²) in [5.41, 5.74) is 3.52. The van der Waals surface area contributed by atoms with Gasteiger partial charge in [0.1, 0.15) is 17.4 Å². The van der Waals surface area contributed by atoms with Crippen molar-refractivity contribution in [2.24, 2.45) is 4.99 Å². The predicted molar refractivity (Wildman–Crippen MR) is 135 cm³/mol. The van der Waals surface area contributed by atoms with Crippen LogP contribution in [0.1, 0.15) is 21.5 Å². The molecular formula is C27H23N5O2. The number of methoxy groups -OCH3 is 1. The van der Waals surface area contributed by atoms with Gasteiger partial charge >= 0.3 is 0 Å². The average Bonchev–Trinajstić information content (AvgIpc) is 2.87. The highest BCUT2D eigenvalue weighted by atomic mass is 16.5. The summed E-state index contributed by atoms with van der Waals surface area (Å²) in [6, 6.07) is 24.2. The molecule has 1 aromatic heterocycles. The van der Waals surface area contributed by atoms with Gasteiger partial charge in [-0.1, -0.05) is 30.3 Å². The zero-order valence-electron chi connectivity index (χ0n) is 19.1. The highest BCUT2D eigenvalue weighted by Crippen LogP contribution is 2.35. The second-order valence-electron chi connectivity index (χ2n) is 7.74. The quantitative estimate of drug-likeness (QED) is 0.410. The Kier molecular flexibility index (Phi) is 6.51. The Bertz CT molecular complexity index is 1410. The molecule has 1 heterocycles. The van der Waals surface area contributed by atoms with Crippen molar-refractivity contribution in [3.63, 3.8) is 0 Å². The van der Waals surface area contributed by atoms with E-state index in [1.54, 1.807) is 37.6 Å². The molecule has 0 bridgehead atoms. The average molecular weight is 450 g/mol. The molecule has 7 nitrogen and oxygen atoms in total. The number of pyridine rings is 1. The molecular weight excluding hydrogens is 426 g/mol. The van der Waals surface area contributed by atoms with E-state index in [2.05, 4.69) is 21.4 Å². The maximum atomic E-state index is 12.9. The second kappa shape index (κ2) is 9.84. The lowest BCUT2D eigenvalue weighted by molar-refractivity contribution is 0.102. The van der Waals surface area contributed by atoms with Crippen LogP contribution in [0.15, 0.2) is 77.8 Å². The number of amides is 1. The van der Waals surface area contributed by atoms with Gasteiger partial charge < -0.3 is 15.0 Å². The first-order valence-corrected chi connectivity index (χ1v) is 10.6. The molecule has 7 heteroatoms. The molecule has 0 aliphatic carbocycles. The van der Waals surface area contributed by atoms with Crippen LogP contribution in [0.25, 0.3) is 10.9 Å². The molecule has 0 saturated carbocycles. The Morgan fingerprint density at radius 3 is 2.47 bits per heavy atom. The number of fused-ring (bicyclic) bond motifs is 1. The monoisotopic (exact) mass is 449 g/mol. The van der Waals surface area contributed by atoms with E-state index >= 15 is 0 Å². The summed E-state index contributed by atoms with van der Waals surface area (Å²) in [4.78, 5) is 24.1. The number of nitrogens with one attached hydrogen (secondary N) is 1. The number of hydrogen-bond acceptors (Lipinski definition) is 6. The van der Waals surface area contributed by atoms with Gasteiger partial charge in [-0.2, -0.15) is 5.26 Å². The molecule has 0 unspecified atom stereocenters. The van der Waals surface area contributed by atoms with Crippen molar-refractivity contribution < 1.29 is 9.53 Å². The normalized spacial score (nSPS) is 10.8. The Labute approximate surface area is 198 Å². The first-order chi connectivity index (χ1) is 16.5. The van der Waals surface area contributed by atoms with Crippen LogP contribution >= 0.6 is 0 Å². The number of rotatable bonds is 6. The molecule has 4 rings (SSSR count). The van der Waals surface area contributed by atoms with Crippen LogP contribution in [0, 0.1) is 11.3 Å². The fraction of sp³-hybridized carbons (Fsp3) is 0.111. The van der Waals surface area contributed by atoms with Crippen LogP contribution in [-0.4, -0.2) is 38.3 Å². The first kappa shape index (κ1) is 22.5. The van der Waals surface area contributed by atoms with Gasteiger partial charge in [0.15, 0.2) is 5.82 Å². The Morgan fingerprint density at radius 1 is 1.09 bits per heavy atom. The summed E-state index contributed by atoms with van der Waals surface area (Å²) >= 11 is 0. The third-order valence-corrected chi connectivity index (χ3v) is 5.30. The van der Waals surface area contributed by atoms with Crippen molar-refractivity contribution in [2.45, 2.75) is 0 Å². The van der Waals surface area contributed by atoms with Gasteiger partial charge in [-0.25, -0.2) is 4.98 Å².